The van der Waals surface area contributed by atoms with Crippen molar-refractivity contribution in [3.05, 3.63) is 65.7 Å². The van der Waals surface area contributed by atoms with Crippen molar-refractivity contribution in [2.75, 3.05) is 13.2 Å². The highest BCUT2D eigenvalue weighted by molar-refractivity contribution is 5.81. The predicted octanol–water partition coefficient (Wildman–Crippen LogP) is 3.38. The van der Waals surface area contributed by atoms with Crippen LogP contribution in [0.15, 0.2) is 54.6 Å². The second kappa shape index (κ2) is 10.7. The lowest BCUT2D eigenvalue weighted by Gasteiger charge is -2.21. The third-order valence-corrected chi connectivity index (χ3v) is 3.95. The number of rotatable bonds is 9. The molecule has 0 aliphatic heterocycles. The summed E-state index contributed by atoms with van der Waals surface area (Å²) in [6, 6.07) is 17.9. The largest absolute Gasteiger partial charge is 0.482 e. The van der Waals surface area contributed by atoms with Crippen LogP contribution < -0.4 is 10.1 Å². The topological polar surface area (TPSA) is 88.4 Å². The van der Waals surface area contributed by atoms with E-state index in [2.05, 4.69) is 19.2 Å². The molecule has 0 radical (unpaired) electrons. The molecule has 0 aliphatic carbocycles. The van der Waals surface area contributed by atoms with Gasteiger partial charge < -0.3 is 14.8 Å². The molecule has 0 unspecified atom stereocenters. The van der Waals surface area contributed by atoms with Crippen LogP contribution in [-0.2, 0) is 14.3 Å². The molecule has 0 aromatic heterocycles. The minimum absolute atomic E-state index is 0.137. The summed E-state index contributed by atoms with van der Waals surface area (Å²) in [5.41, 5.74) is 1.51. The molecule has 2 rings (SSSR count). The van der Waals surface area contributed by atoms with Crippen molar-refractivity contribution < 1.29 is 19.1 Å². The molecule has 0 saturated heterocycles. The van der Waals surface area contributed by atoms with Gasteiger partial charge in [0.25, 0.3) is 5.91 Å². The number of nitriles is 1. The monoisotopic (exact) mass is 380 g/mol. The maximum atomic E-state index is 12.2. The Hall–Kier alpha value is -3.33. The van der Waals surface area contributed by atoms with E-state index < -0.39 is 5.97 Å². The van der Waals surface area contributed by atoms with Crippen molar-refractivity contribution in [3.8, 4) is 11.8 Å². The molecule has 1 amide bonds. The molecule has 6 nitrogen and oxygen atoms in total. The Morgan fingerprint density at radius 2 is 1.71 bits per heavy atom. The Balaban J connectivity index is 1.79. The van der Waals surface area contributed by atoms with Gasteiger partial charge in [-0.25, -0.2) is 4.79 Å². The molecular weight excluding hydrogens is 356 g/mol. The van der Waals surface area contributed by atoms with E-state index in [0.29, 0.717) is 17.2 Å². The zero-order chi connectivity index (χ0) is 20.4. The fourth-order valence-electron chi connectivity index (χ4n) is 2.63. The van der Waals surface area contributed by atoms with E-state index in [4.69, 9.17) is 14.7 Å². The second-order valence-corrected chi connectivity index (χ2v) is 6.75. The van der Waals surface area contributed by atoms with Crippen molar-refractivity contribution in [1.29, 1.82) is 5.26 Å². The number of nitrogens with one attached hydrogen (secondary N) is 1. The summed E-state index contributed by atoms with van der Waals surface area (Å²) < 4.78 is 10.3. The molecule has 0 saturated carbocycles. The number of carbonyl (C=O) groups is 2. The van der Waals surface area contributed by atoms with Gasteiger partial charge in [0.15, 0.2) is 13.2 Å². The molecule has 28 heavy (non-hydrogen) atoms. The van der Waals surface area contributed by atoms with E-state index in [1.807, 2.05) is 36.4 Å². The van der Waals surface area contributed by atoms with Gasteiger partial charge in [0.1, 0.15) is 5.75 Å². The molecule has 6 heteroatoms. The highest BCUT2D eigenvalue weighted by atomic mass is 16.6. The zero-order valence-electron chi connectivity index (χ0n) is 16.1. The smallest absolute Gasteiger partial charge is 0.344 e. The number of carbonyl (C=O) groups excluding carboxylic acids is 2. The van der Waals surface area contributed by atoms with Crippen LogP contribution in [0.2, 0.25) is 0 Å². The Bertz CT molecular complexity index is 811. The maximum absolute atomic E-state index is 12.2. The molecule has 0 heterocycles. The van der Waals surface area contributed by atoms with Crippen molar-refractivity contribution >= 4 is 11.9 Å². The number of amides is 1. The highest BCUT2D eigenvalue weighted by Gasteiger charge is 2.17. The summed E-state index contributed by atoms with van der Waals surface area (Å²) in [7, 11) is 0. The van der Waals surface area contributed by atoms with Crippen LogP contribution in [0.1, 0.15) is 37.4 Å². The second-order valence-electron chi connectivity index (χ2n) is 6.75. The van der Waals surface area contributed by atoms with Gasteiger partial charge in [-0.3, -0.25) is 4.79 Å². The lowest BCUT2D eigenvalue weighted by molar-refractivity contribution is -0.150. The van der Waals surface area contributed by atoms with Crippen LogP contribution in [0, 0.1) is 17.2 Å². The Morgan fingerprint density at radius 3 is 2.32 bits per heavy atom. The average Bonchev–Trinajstić information content (AvgIpc) is 2.71. The quantitative estimate of drug-likeness (QED) is 0.674. The van der Waals surface area contributed by atoms with Gasteiger partial charge in [0, 0.05) is 0 Å². The first-order chi connectivity index (χ1) is 13.5. The van der Waals surface area contributed by atoms with Crippen LogP contribution >= 0.6 is 0 Å². The third kappa shape index (κ3) is 7.12. The standard InChI is InChI=1S/C22H24N2O4/c1-16(2)12-20(18-6-4-3-5-7-18)24-21(25)14-28-22(26)15-27-19-10-8-17(13-23)9-11-19/h3-11,16,20H,12,14-15H2,1-2H3,(H,24,25)/t20-/m0/s1. The minimum Gasteiger partial charge on any atom is -0.482 e. The van der Waals surface area contributed by atoms with Gasteiger partial charge in [-0.15, -0.1) is 0 Å². The highest BCUT2D eigenvalue weighted by Crippen LogP contribution is 2.21. The Kier molecular flexibility index (Phi) is 8.04. The van der Waals surface area contributed by atoms with Gasteiger partial charge >= 0.3 is 5.97 Å². The SMILES string of the molecule is CC(C)C[C@H](NC(=O)COC(=O)COc1ccc(C#N)cc1)c1ccccc1. The number of ether oxygens (including phenoxy) is 2. The van der Waals surface area contributed by atoms with E-state index in [-0.39, 0.29) is 25.2 Å². The molecule has 0 fully saturated rings. The van der Waals surface area contributed by atoms with Crippen molar-refractivity contribution in [3.63, 3.8) is 0 Å². The molecule has 1 N–H and O–H groups in total. The number of benzene rings is 2. The molecule has 2 aromatic carbocycles. The van der Waals surface area contributed by atoms with Crippen LogP contribution in [0.5, 0.6) is 5.75 Å². The first-order valence-electron chi connectivity index (χ1n) is 9.11. The minimum atomic E-state index is -0.639. The lowest BCUT2D eigenvalue weighted by Crippen LogP contribution is -2.33. The van der Waals surface area contributed by atoms with E-state index in [1.54, 1.807) is 24.3 Å². The summed E-state index contributed by atoms with van der Waals surface area (Å²) in [4.78, 5) is 24.0. The van der Waals surface area contributed by atoms with Gasteiger partial charge in [-0.1, -0.05) is 44.2 Å². The first kappa shape index (κ1) is 21.0. The molecule has 2 aromatic rings. The zero-order valence-corrected chi connectivity index (χ0v) is 16.1. The fraction of sp³-hybridized carbons (Fsp3) is 0.318. The van der Waals surface area contributed by atoms with Crippen LogP contribution in [0.4, 0.5) is 0 Å². The normalized spacial score (nSPS) is 11.4. The van der Waals surface area contributed by atoms with Crippen LogP contribution in [-0.4, -0.2) is 25.1 Å². The summed E-state index contributed by atoms with van der Waals surface area (Å²) in [5.74, 6) is -0.156. The van der Waals surface area contributed by atoms with E-state index >= 15 is 0 Å². The number of hydrogen-bond donors (Lipinski definition) is 1. The van der Waals surface area contributed by atoms with Gasteiger partial charge in [0.05, 0.1) is 17.7 Å². The third-order valence-electron chi connectivity index (χ3n) is 3.95. The first-order valence-corrected chi connectivity index (χ1v) is 9.11. The van der Waals surface area contributed by atoms with Gasteiger partial charge in [-0.05, 0) is 42.2 Å². The van der Waals surface area contributed by atoms with Gasteiger partial charge in [-0.2, -0.15) is 5.26 Å². The lowest BCUT2D eigenvalue weighted by atomic mass is 9.97. The van der Waals surface area contributed by atoms with Crippen molar-refractivity contribution in [1.82, 2.24) is 5.32 Å². The van der Waals surface area contributed by atoms with Crippen LogP contribution in [0.3, 0.4) is 0 Å². The molecule has 146 valence electrons. The summed E-state index contributed by atoms with van der Waals surface area (Å²) in [6.45, 7) is 3.50. The number of esters is 1. The molecular formula is C22H24N2O4. The number of hydrogen-bond acceptors (Lipinski definition) is 5. The maximum Gasteiger partial charge on any atom is 0.344 e. The van der Waals surface area contributed by atoms with Crippen LogP contribution in [0.25, 0.3) is 0 Å². The Labute approximate surface area is 165 Å². The van der Waals surface area contributed by atoms with E-state index in [9.17, 15) is 9.59 Å². The Morgan fingerprint density at radius 1 is 1.04 bits per heavy atom. The average molecular weight is 380 g/mol. The van der Waals surface area contributed by atoms with E-state index in [1.165, 1.54) is 0 Å². The summed E-state index contributed by atoms with van der Waals surface area (Å²) >= 11 is 0. The predicted molar refractivity (Wildman–Crippen MR) is 104 cm³/mol. The van der Waals surface area contributed by atoms with Crippen molar-refractivity contribution in [2.24, 2.45) is 5.92 Å². The summed E-state index contributed by atoms with van der Waals surface area (Å²) in [5, 5.41) is 11.7. The van der Waals surface area contributed by atoms with Gasteiger partial charge in [0.2, 0.25) is 0 Å². The summed E-state index contributed by atoms with van der Waals surface area (Å²) in [6.07, 6.45) is 0.783. The van der Waals surface area contributed by atoms with Crippen molar-refractivity contribution in [2.45, 2.75) is 26.3 Å². The fourth-order valence-corrected chi connectivity index (χ4v) is 2.63. The molecule has 0 aliphatic rings. The molecule has 0 spiro atoms. The molecule has 1 atom stereocenters. The number of nitrogens with zero attached hydrogens (tertiary/aromatic N) is 1. The van der Waals surface area contributed by atoms with E-state index in [0.717, 1.165) is 12.0 Å². The molecule has 0 bridgehead atoms.